The number of aliphatic hydroxyl groups is 1. The van der Waals surface area contributed by atoms with Crippen molar-refractivity contribution in [3.05, 3.63) is 18.0 Å². The van der Waals surface area contributed by atoms with Crippen molar-refractivity contribution in [2.75, 3.05) is 6.61 Å². The fraction of sp³-hybridized carbons (Fsp3) is 0.600. The zero-order valence-electron chi connectivity index (χ0n) is 9.17. The second-order valence-electron chi connectivity index (χ2n) is 3.36. The second-order valence-corrected chi connectivity index (χ2v) is 3.36. The molecule has 0 unspecified atom stereocenters. The molecule has 0 aliphatic rings. The Bertz CT molecular complexity index is 333. The van der Waals surface area contributed by atoms with E-state index >= 15 is 0 Å². The number of carbonyl (C=O) groups is 1. The van der Waals surface area contributed by atoms with Gasteiger partial charge in [-0.25, -0.2) is 4.79 Å². The molecule has 0 radical (unpaired) electrons. The number of ether oxygens (including phenoxy) is 1. The van der Waals surface area contributed by atoms with Gasteiger partial charge in [0.05, 0.1) is 18.8 Å². The van der Waals surface area contributed by atoms with Gasteiger partial charge in [0.2, 0.25) is 0 Å². The standard InChI is InChI=1S/C10H16N2O3/c1-4-15-10(14)9-5-6-11-12(9)7(2)8(3)13/h5-8,13H,4H2,1-3H3/t7-,8-/m0/s1. The Morgan fingerprint density at radius 2 is 2.33 bits per heavy atom. The molecule has 0 aromatic carbocycles. The van der Waals surface area contributed by atoms with Gasteiger partial charge in [0, 0.05) is 6.20 Å². The van der Waals surface area contributed by atoms with E-state index < -0.39 is 12.1 Å². The van der Waals surface area contributed by atoms with Crippen LogP contribution >= 0.6 is 0 Å². The Morgan fingerprint density at radius 3 is 2.87 bits per heavy atom. The third kappa shape index (κ3) is 2.56. The van der Waals surface area contributed by atoms with Crippen LogP contribution in [0, 0.1) is 0 Å². The van der Waals surface area contributed by atoms with Crippen LogP contribution in [0.15, 0.2) is 12.3 Å². The van der Waals surface area contributed by atoms with Gasteiger partial charge in [-0.15, -0.1) is 0 Å². The van der Waals surface area contributed by atoms with Gasteiger partial charge in [-0.1, -0.05) is 0 Å². The first-order valence-corrected chi connectivity index (χ1v) is 4.96. The van der Waals surface area contributed by atoms with Crippen molar-refractivity contribution in [3.8, 4) is 0 Å². The van der Waals surface area contributed by atoms with Crippen LogP contribution in [-0.4, -0.2) is 33.6 Å². The maximum atomic E-state index is 11.5. The van der Waals surface area contributed by atoms with Crippen molar-refractivity contribution in [2.45, 2.75) is 32.9 Å². The molecule has 1 aromatic rings. The smallest absolute Gasteiger partial charge is 0.356 e. The Morgan fingerprint density at radius 1 is 1.67 bits per heavy atom. The first-order valence-electron chi connectivity index (χ1n) is 4.96. The van der Waals surface area contributed by atoms with Gasteiger partial charge in [0.15, 0.2) is 0 Å². The molecule has 1 heterocycles. The molecule has 5 heteroatoms. The maximum absolute atomic E-state index is 11.5. The van der Waals surface area contributed by atoms with Gasteiger partial charge in [0.1, 0.15) is 5.69 Å². The van der Waals surface area contributed by atoms with E-state index in [1.807, 2.05) is 0 Å². The number of nitrogens with zero attached hydrogens (tertiary/aromatic N) is 2. The van der Waals surface area contributed by atoms with Gasteiger partial charge in [0.25, 0.3) is 0 Å². The van der Waals surface area contributed by atoms with Crippen LogP contribution in [0.1, 0.15) is 37.3 Å². The van der Waals surface area contributed by atoms with E-state index in [0.29, 0.717) is 12.3 Å². The van der Waals surface area contributed by atoms with E-state index in [4.69, 9.17) is 4.74 Å². The Hall–Kier alpha value is -1.36. The lowest BCUT2D eigenvalue weighted by molar-refractivity contribution is 0.0499. The summed E-state index contributed by atoms with van der Waals surface area (Å²) >= 11 is 0. The van der Waals surface area contributed by atoms with Crippen molar-refractivity contribution < 1.29 is 14.6 Å². The van der Waals surface area contributed by atoms with Crippen LogP contribution in [0.4, 0.5) is 0 Å². The van der Waals surface area contributed by atoms with Crippen LogP contribution in [0.3, 0.4) is 0 Å². The topological polar surface area (TPSA) is 64.3 Å². The lowest BCUT2D eigenvalue weighted by atomic mass is 10.2. The zero-order chi connectivity index (χ0) is 11.4. The van der Waals surface area contributed by atoms with Gasteiger partial charge in [-0.05, 0) is 26.8 Å². The third-order valence-electron chi connectivity index (χ3n) is 2.24. The van der Waals surface area contributed by atoms with Crippen LogP contribution in [0.5, 0.6) is 0 Å². The molecule has 0 saturated heterocycles. The van der Waals surface area contributed by atoms with Gasteiger partial charge in [-0.3, -0.25) is 4.68 Å². The molecule has 0 aliphatic heterocycles. The van der Waals surface area contributed by atoms with Crippen molar-refractivity contribution in [1.82, 2.24) is 9.78 Å². The molecule has 84 valence electrons. The van der Waals surface area contributed by atoms with Gasteiger partial charge < -0.3 is 9.84 Å². The molecule has 0 saturated carbocycles. The molecule has 1 rings (SSSR count). The first-order chi connectivity index (χ1) is 7.07. The van der Waals surface area contributed by atoms with E-state index in [-0.39, 0.29) is 6.04 Å². The van der Waals surface area contributed by atoms with E-state index in [1.54, 1.807) is 26.8 Å². The van der Waals surface area contributed by atoms with Gasteiger partial charge in [-0.2, -0.15) is 5.10 Å². The fourth-order valence-corrected chi connectivity index (χ4v) is 1.21. The number of rotatable bonds is 4. The first kappa shape index (κ1) is 11.7. The molecule has 2 atom stereocenters. The molecule has 0 fully saturated rings. The molecule has 0 spiro atoms. The van der Waals surface area contributed by atoms with Crippen molar-refractivity contribution in [1.29, 1.82) is 0 Å². The van der Waals surface area contributed by atoms with E-state index in [9.17, 15) is 9.90 Å². The van der Waals surface area contributed by atoms with Crippen molar-refractivity contribution >= 4 is 5.97 Å². The minimum atomic E-state index is -0.571. The molecule has 0 bridgehead atoms. The predicted octanol–water partition coefficient (Wildman–Crippen LogP) is 1.00. The summed E-state index contributed by atoms with van der Waals surface area (Å²) in [6.45, 7) is 5.52. The predicted molar refractivity (Wildman–Crippen MR) is 54.6 cm³/mol. The summed E-state index contributed by atoms with van der Waals surface area (Å²) in [6.07, 6.45) is 0.948. The van der Waals surface area contributed by atoms with E-state index in [1.165, 1.54) is 10.9 Å². The Labute approximate surface area is 88.7 Å². The molecule has 1 aromatic heterocycles. The summed E-state index contributed by atoms with van der Waals surface area (Å²) in [4.78, 5) is 11.5. The van der Waals surface area contributed by atoms with Crippen molar-refractivity contribution in [3.63, 3.8) is 0 Å². The number of hydrogen-bond acceptors (Lipinski definition) is 4. The lowest BCUT2D eigenvalue weighted by Gasteiger charge is -2.17. The third-order valence-corrected chi connectivity index (χ3v) is 2.24. The molecule has 0 amide bonds. The van der Waals surface area contributed by atoms with E-state index in [2.05, 4.69) is 5.10 Å². The average Bonchev–Trinajstić information content (AvgIpc) is 2.65. The zero-order valence-corrected chi connectivity index (χ0v) is 9.17. The Kier molecular flexibility index (Phi) is 3.85. The highest BCUT2D eigenvalue weighted by atomic mass is 16.5. The van der Waals surface area contributed by atoms with Crippen LogP contribution in [0.25, 0.3) is 0 Å². The number of aromatic nitrogens is 2. The molecule has 0 aliphatic carbocycles. The molecule has 15 heavy (non-hydrogen) atoms. The van der Waals surface area contributed by atoms with Crippen molar-refractivity contribution in [2.24, 2.45) is 0 Å². The summed E-state index contributed by atoms with van der Waals surface area (Å²) in [5.41, 5.74) is 0.366. The summed E-state index contributed by atoms with van der Waals surface area (Å²) in [7, 11) is 0. The largest absolute Gasteiger partial charge is 0.461 e. The summed E-state index contributed by atoms with van der Waals surface area (Å²) in [5, 5.41) is 13.4. The highest BCUT2D eigenvalue weighted by molar-refractivity contribution is 5.87. The normalized spacial score (nSPS) is 14.7. The monoisotopic (exact) mass is 212 g/mol. The maximum Gasteiger partial charge on any atom is 0.356 e. The summed E-state index contributed by atoms with van der Waals surface area (Å²) in [5.74, 6) is -0.414. The SMILES string of the molecule is CCOC(=O)c1ccnn1[C@@H](C)[C@H](C)O. The fourth-order valence-electron chi connectivity index (χ4n) is 1.21. The second kappa shape index (κ2) is 4.93. The van der Waals surface area contributed by atoms with E-state index in [0.717, 1.165) is 0 Å². The number of hydrogen-bond donors (Lipinski definition) is 1. The molecular formula is C10H16N2O3. The molecule has 1 N–H and O–H groups in total. The van der Waals surface area contributed by atoms with Crippen LogP contribution in [0.2, 0.25) is 0 Å². The van der Waals surface area contributed by atoms with Crippen LogP contribution in [-0.2, 0) is 4.74 Å². The van der Waals surface area contributed by atoms with Crippen LogP contribution < -0.4 is 0 Å². The van der Waals surface area contributed by atoms with Gasteiger partial charge >= 0.3 is 5.97 Å². The summed E-state index contributed by atoms with van der Waals surface area (Å²) in [6, 6.07) is 1.33. The highest BCUT2D eigenvalue weighted by Gasteiger charge is 2.19. The molecule has 5 nitrogen and oxygen atoms in total. The minimum Gasteiger partial charge on any atom is -0.461 e. The number of esters is 1. The summed E-state index contributed by atoms with van der Waals surface area (Å²) < 4.78 is 6.35. The minimum absolute atomic E-state index is 0.251. The average molecular weight is 212 g/mol. The lowest BCUT2D eigenvalue weighted by Crippen LogP contribution is -2.23. The highest BCUT2D eigenvalue weighted by Crippen LogP contribution is 2.13. The number of aliphatic hydroxyl groups excluding tert-OH is 1. The Balaban J connectivity index is 2.91. The molecular weight excluding hydrogens is 196 g/mol. The quantitative estimate of drug-likeness (QED) is 0.756. The number of carbonyl (C=O) groups excluding carboxylic acids is 1.